The number of aliphatic hydroxyl groups is 1. The maximum atomic E-state index is 10.8. The number of anilines is 1. The maximum absolute atomic E-state index is 10.8. The lowest BCUT2D eigenvalue weighted by Crippen LogP contribution is -2.56. The van der Waals surface area contributed by atoms with E-state index in [9.17, 15) is 5.11 Å². The van der Waals surface area contributed by atoms with E-state index in [1.807, 2.05) is 6.07 Å². The Morgan fingerprint density at radius 3 is 2.59 bits per heavy atom. The number of rotatable bonds is 3. The van der Waals surface area contributed by atoms with Crippen LogP contribution in [0.2, 0.25) is 0 Å². The Bertz CT molecular complexity index is 818. The monoisotopic (exact) mass is 478 g/mol. The molecule has 0 bridgehead atoms. The molecule has 0 spiro atoms. The summed E-state index contributed by atoms with van der Waals surface area (Å²) >= 11 is 2.43. The molecule has 2 aliphatic rings. The number of methoxy groups -OCH3 is 1. The molecule has 27 heavy (non-hydrogen) atoms. The molecule has 1 aliphatic carbocycles. The van der Waals surface area contributed by atoms with Gasteiger partial charge in [0.1, 0.15) is 5.75 Å². The van der Waals surface area contributed by atoms with Crippen LogP contribution in [-0.2, 0) is 12.8 Å². The summed E-state index contributed by atoms with van der Waals surface area (Å²) in [4.78, 5) is 4.93. The zero-order valence-corrected chi connectivity index (χ0v) is 18.1. The molecule has 2 aromatic carbocycles. The molecule has 1 heterocycles. The smallest absolute Gasteiger partial charge is 0.120 e. The zero-order chi connectivity index (χ0) is 19.0. The van der Waals surface area contributed by atoms with Crippen LogP contribution in [0.15, 0.2) is 36.4 Å². The van der Waals surface area contributed by atoms with Gasteiger partial charge in [-0.3, -0.25) is 4.90 Å². The number of hydrogen-bond donors (Lipinski definition) is 1. The number of aliphatic hydroxyl groups excluding tert-OH is 1. The fraction of sp³-hybridized carbons (Fsp3) is 0.455. The molecule has 0 unspecified atom stereocenters. The van der Waals surface area contributed by atoms with Crippen LogP contribution in [0.4, 0.5) is 5.69 Å². The van der Waals surface area contributed by atoms with Crippen molar-refractivity contribution in [2.45, 2.75) is 31.9 Å². The molecule has 1 saturated heterocycles. The highest BCUT2D eigenvalue weighted by atomic mass is 127. The van der Waals surface area contributed by atoms with Crippen molar-refractivity contribution in [3.05, 3.63) is 56.7 Å². The van der Waals surface area contributed by atoms with Gasteiger partial charge in [-0.05, 0) is 64.8 Å². The topological polar surface area (TPSA) is 35.9 Å². The van der Waals surface area contributed by atoms with Crippen LogP contribution in [0.25, 0.3) is 0 Å². The fourth-order valence-corrected chi connectivity index (χ4v) is 5.23. The van der Waals surface area contributed by atoms with E-state index in [2.05, 4.69) is 69.6 Å². The third kappa shape index (κ3) is 3.82. The van der Waals surface area contributed by atoms with Gasteiger partial charge < -0.3 is 14.7 Å². The van der Waals surface area contributed by atoms with Gasteiger partial charge in [-0.2, -0.15) is 0 Å². The molecular formula is C22H27IN2O2. The highest BCUT2D eigenvalue weighted by molar-refractivity contribution is 14.1. The third-order valence-electron chi connectivity index (χ3n) is 6.04. The van der Waals surface area contributed by atoms with Crippen LogP contribution in [0.1, 0.15) is 16.7 Å². The highest BCUT2D eigenvalue weighted by Gasteiger charge is 2.34. The Labute approximate surface area is 175 Å². The molecule has 1 aliphatic heterocycles. The second kappa shape index (κ2) is 7.97. The van der Waals surface area contributed by atoms with E-state index in [4.69, 9.17) is 4.74 Å². The van der Waals surface area contributed by atoms with Gasteiger partial charge >= 0.3 is 0 Å². The molecule has 2 aromatic rings. The number of hydrogen-bond acceptors (Lipinski definition) is 4. The van der Waals surface area contributed by atoms with Crippen LogP contribution >= 0.6 is 22.6 Å². The van der Waals surface area contributed by atoms with Gasteiger partial charge in [0, 0.05) is 54.0 Å². The molecule has 0 amide bonds. The number of benzene rings is 2. The van der Waals surface area contributed by atoms with Crippen LogP contribution in [0, 0.1) is 10.5 Å². The van der Waals surface area contributed by atoms with Crippen molar-refractivity contribution in [2.75, 3.05) is 38.2 Å². The highest BCUT2D eigenvalue weighted by Crippen LogP contribution is 2.31. The standard InChI is InChI=1S/C22H27IN2O2/c1-15-6-7-17(27-2)13-20(15)24-8-10-25(11-9-24)21-14-18-16(12-22(21)26)4-3-5-19(18)23/h3-7,13,21-22,26H,8-12,14H2,1-2H3/t21-,22-/m0/s1. The van der Waals surface area contributed by atoms with Crippen molar-refractivity contribution in [3.63, 3.8) is 0 Å². The van der Waals surface area contributed by atoms with Crippen LogP contribution in [0.5, 0.6) is 5.75 Å². The van der Waals surface area contributed by atoms with Gasteiger partial charge in [-0.25, -0.2) is 0 Å². The molecule has 144 valence electrons. The molecule has 1 fully saturated rings. The SMILES string of the molecule is COc1ccc(C)c(N2CCN([C@H]3Cc4c(I)cccc4C[C@@H]3O)CC2)c1. The summed E-state index contributed by atoms with van der Waals surface area (Å²) in [6.45, 7) is 6.09. The van der Waals surface area contributed by atoms with Gasteiger partial charge in [0.25, 0.3) is 0 Å². The first-order chi connectivity index (χ1) is 13.1. The Morgan fingerprint density at radius 1 is 1.07 bits per heavy atom. The average molecular weight is 478 g/mol. The summed E-state index contributed by atoms with van der Waals surface area (Å²) in [6, 6.07) is 13.0. The minimum Gasteiger partial charge on any atom is -0.497 e. The van der Waals surface area contributed by atoms with Crippen molar-refractivity contribution >= 4 is 28.3 Å². The number of aryl methyl sites for hydroxylation is 1. The summed E-state index contributed by atoms with van der Waals surface area (Å²) < 4.78 is 6.73. The summed E-state index contributed by atoms with van der Waals surface area (Å²) in [5.74, 6) is 0.909. The van der Waals surface area contributed by atoms with Crippen molar-refractivity contribution in [3.8, 4) is 5.75 Å². The Balaban J connectivity index is 1.46. The lowest BCUT2D eigenvalue weighted by molar-refractivity contribution is 0.0393. The molecule has 5 heteroatoms. The molecule has 4 rings (SSSR count). The second-order valence-corrected chi connectivity index (χ2v) is 8.76. The summed E-state index contributed by atoms with van der Waals surface area (Å²) in [6.07, 6.45) is 1.45. The number of nitrogens with zero attached hydrogens (tertiary/aromatic N) is 2. The zero-order valence-electron chi connectivity index (χ0n) is 16.0. The van der Waals surface area contributed by atoms with Gasteiger partial charge in [0.15, 0.2) is 0 Å². The first-order valence-electron chi connectivity index (χ1n) is 9.65. The second-order valence-electron chi connectivity index (χ2n) is 7.60. The molecule has 0 saturated carbocycles. The van der Waals surface area contributed by atoms with E-state index >= 15 is 0 Å². The maximum Gasteiger partial charge on any atom is 0.120 e. The van der Waals surface area contributed by atoms with E-state index in [1.54, 1.807) is 7.11 Å². The van der Waals surface area contributed by atoms with Crippen molar-refractivity contribution < 1.29 is 9.84 Å². The third-order valence-corrected chi connectivity index (χ3v) is 7.05. The van der Waals surface area contributed by atoms with E-state index in [0.717, 1.165) is 44.8 Å². The predicted molar refractivity (Wildman–Crippen MR) is 118 cm³/mol. The van der Waals surface area contributed by atoms with Gasteiger partial charge in [-0.1, -0.05) is 18.2 Å². The van der Waals surface area contributed by atoms with Gasteiger partial charge in [0.2, 0.25) is 0 Å². The molecule has 4 nitrogen and oxygen atoms in total. The van der Waals surface area contributed by atoms with Crippen LogP contribution < -0.4 is 9.64 Å². The summed E-state index contributed by atoms with van der Waals surface area (Å²) in [5.41, 5.74) is 5.29. The normalized spacial score (nSPS) is 23.2. The van der Waals surface area contributed by atoms with Gasteiger partial charge in [-0.15, -0.1) is 0 Å². The van der Waals surface area contributed by atoms with Gasteiger partial charge in [0.05, 0.1) is 13.2 Å². The van der Waals surface area contributed by atoms with E-state index in [0.29, 0.717) is 0 Å². The Morgan fingerprint density at radius 2 is 1.85 bits per heavy atom. The van der Waals surface area contributed by atoms with Crippen molar-refractivity contribution in [1.82, 2.24) is 4.90 Å². The molecule has 0 radical (unpaired) electrons. The van der Waals surface area contributed by atoms with E-state index < -0.39 is 0 Å². The summed E-state index contributed by atoms with van der Waals surface area (Å²) in [7, 11) is 1.72. The first kappa shape index (κ1) is 19.0. The fourth-order valence-electron chi connectivity index (χ4n) is 4.45. The Kier molecular flexibility index (Phi) is 5.62. The largest absolute Gasteiger partial charge is 0.497 e. The van der Waals surface area contributed by atoms with Crippen molar-refractivity contribution in [2.24, 2.45) is 0 Å². The molecular weight excluding hydrogens is 451 g/mol. The number of halogens is 1. The lowest BCUT2D eigenvalue weighted by Gasteiger charge is -2.44. The lowest BCUT2D eigenvalue weighted by atomic mass is 9.85. The quantitative estimate of drug-likeness (QED) is 0.688. The van der Waals surface area contributed by atoms with Crippen LogP contribution in [-0.4, -0.2) is 55.4 Å². The molecule has 0 aromatic heterocycles. The van der Waals surface area contributed by atoms with Crippen LogP contribution in [0.3, 0.4) is 0 Å². The molecule has 2 atom stereocenters. The number of fused-ring (bicyclic) bond motifs is 1. The Hall–Kier alpha value is -1.31. The van der Waals surface area contributed by atoms with Crippen molar-refractivity contribution in [1.29, 1.82) is 0 Å². The minimum absolute atomic E-state index is 0.224. The minimum atomic E-state index is -0.277. The van der Waals surface area contributed by atoms with E-state index in [1.165, 1.54) is 25.9 Å². The number of piperazine rings is 1. The summed E-state index contributed by atoms with van der Waals surface area (Å²) in [5, 5.41) is 10.8. The average Bonchev–Trinajstić information content (AvgIpc) is 2.68. The molecule has 1 N–H and O–H groups in total. The van der Waals surface area contributed by atoms with E-state index in [-0.39, 0.29) is 12.1 Å². The number of ether oxygens (including phenoxy) is 1. The predicted octanol–water partition coefficient (Wildman–Crippen LogP) is 3.26. The first-order valence-corrected chi connectivity index (χ1v) is 10.7.